The standard InChI is InChI=1S/C31H33F/c1-3-5-7-23-10-15-26(16-11-23)27-17-12-24(13-18-27)8-9-25-14-21-30-29(22-25)20-19-28(6-4-2)31(30)32/h3,12-14,17-23,26H,1,4-7,10-11,15-16H2,2H3. The summed E-state index contributed by atoms with van der Waals surface area (Å²) in [7, 11) is 0. The van der Waals surface area contributed by atoms with E-state index in [0.717, 1.165) is 47.3 Å². The SMILES string of the molecule is C=CCCC1CCC(c2ccc(C#Cc3ccc4c(F)c(CCC)ccc4c3)cc2)CC1. The molecule has 0 heterocycles. The maximum absolute atomic E-state index is 14.7. The molecule has 0 radical (unpaired) electrons. The van der Waals surface area contributed by atoms with Crippen molar-refractivity contribution < 1.29 is 4.39 Å². The van der Waals surface area contributed by atoms with Crippen LogP contribution < -0.4 is 0 Å². The van der Waals surface area contributed by atoms with Crippen molar-refractivity contribution in [2.45, 2.75) is 64.2 Å². The summed E-state index contributed by atoms with van der Waals surface area (Å²) in [5.74, 6) is 8.01. The average molecular weight is 425 g/mol. The molecule has 0 amide bonds. The molecule has 3 aromatic carbocycles. The van der Waals surface area contributed by atoms with Gasteiger partial charge in [-0.2, -0.15) is 0 Å². The molecule has 32 heavy (non-hydrogen) atoms. The van der Waals surface area contributed by atoms with Crippen molar-refractivity contribution >= 4 is 10.8 Å². The van der Waals surface area contributed by atoms with Gasteiger partial charge in [0.05, 0.1) is 0 Å². The summed E-state index contributed by atoms with van der Waals surface area (Å²) >= 11 is 0. The quantitative estimate of drug-likeness (QED) is 0.274. The van der Waals surface area contributed by atoms with Gasteiger partial charge in [0, 0.05) is 16.5 Å². The van der Waals surface area contributed by atoms with Crippen LogP contribution in [-0.4, -0.2) is 0 Å². The van der Waals surface area contributed by atoms with Gasteiger partial charge in [0.2, 0.25) is 0 Å². The molecule has 0 nitrogen and oxygen atoms in total. The lowest BCUT2D eigenvalue weighted by atomic mass is 9.77. The molecule has 1 aliphatic carbocycles. The first kappa shape index (κ1) is 22.3. The highest BCUT2D eigenvalue weighted by atomic mass is 19.1. The fourth-order valence-electron chi connectivity index (χ4n) is 5.00. The first-order valence-corrected chi connectivity index (χ1v) is 12.1. The van der Waals surface area contributed by atoms with Gasteiger partial charge < -0.3 is 0 Å². The molecular formula is C31H33F. The maximum atomic E-state index is 14.7. The topological polar surface area (TPSA) is 0 Å². The van der Waals surface area contributed by atoms with Crippen LogP contribution in [0.2, 0.25) is 0 Å². The Labute approximate surface area is 192 Å². The van der Waals surface area contributed by atoms with Crippen LogP contribution in [0.3, 0.4) is 0 Å². The number of hydrogen-bond donors (Lipinski definition) is 0. The summed E-state index contributed by atoms with van der Waals surface area (Å²) in [4.78, 5) is 0. The van der Waals surface area contributed by atoms with Crippen LogP contribution in [0.4, 0.5) is 4.39 Å². The zero-order chi connectivity index (χ0) is 22.3. The second-order valence-corrected chi connectivity index (χ2v) is 9.18. The van der Waals surface area contributed by atoms with E-state index < -0.39 is 0 Å². The molecule has 0 aliphatic heterocycles. The van der Waals surface area contributed by atoms with E-state index in [1.807, 2.05) is 36.4 Å². The van der Waals surface area contributed by atoms with Crippen molar-refractivity contribution in [3.05, 3.63) is 95.3 Å². The molecule has 0 bridgehead atoms. The van der Waals surface area contributed by atoms with Crippen molar-refractivity contribution in [2.24, 2.45) is 5.92 Å². The minimum Gasteiger partial charge on any atom is -0.206 e. The Balaban J connectivity index is 1.42. The molecule has 1 aliphatic rings. The molecule has 1 fully saturated rings. The van der Waals surface area contributed by atoms with E-state index in [0.29, 0.717) is 11.3 Å². The summed E-state index contributed by atoms with van der Waals surface area (Å²) in [6.07, 6.45) is 11.5. The van der Waals surface area contributed by atoms with Gasteiger partial charge in [-0.15, -0.1) is 6.58 Å². The molecular weight excluding hydrogens is 391 g/mol. The van der Waals surface area contributed by atoms with E-state index >= 15 is 0 Å². The molecule has 0 unspecified atom stereocenters. The number of rotatable bonds is 6. The van der Waals surface area contributed by atoms with Crippen molar-refractivity contribution in [2.75, 3.05) is 0 Å². The third-order valence-corrected chi connectivity index (χ3v) is 6.91. The molecule has 0 saturated heterocycles. The normalized spacial score (nSPS) is 18.2. The van der Waals surface area contributed by atoms with Gasteiger partial charge in [0.15, 0.2) is 0 Å². The number of aryl methyl sites for hydroxylation is 1. The van der Waals surface area contributed by atoms with Crippen LogP contribution in [-0.2, 0) is 6.42 Å². The molecule has 4 rings (SSSR count). The van der Waals surface area contributed by atoms with E-state index in [9.17, 15) is 4.39 Å². The average Bonchev–Trinajstić information content (AvgIpc) is 2.84. The second kappa shape index (κ2) is 10.6. The van der Waals surface area contributed by atoms with E-state index in [-0.39, 0.29) is 5.82 Å². The molecule has 1 heteroatoms. The molecule has 3 aromatic rings. The predicted molar refractivity (Wildman–Crippen MR) is 134 cm³/mol. The van der Waals surface area contributed by atoms with E-state index in [1.165, 1.54) is 37.7 Å². The number of hydrogen-bond acceptors (Lipinski definition) is 0. The molecule has 0 N–H and O–H groups in total. The van der Waals surface area contributed by atoms with E-state index in [2.05, 4.69) is 49.6 Å². The van der Waals surface area contributed by atoms with Crippen molar-refractivity contribution in [3.63, 3.8) is 0 Å². The van der Waals surface area contributed by atoms with Crippen LogP contribution in [0.5, 0.6) is 0 Å². The van der Waals surface area contributed by atoms with Gasteiger partial charge in [0.1, 0.15) is 5.82 Å². The molecule has 0 atom stereocenters. The number of halogens is 1. The monoisotopic (exact) mass is 424 g/mol. The lowest BCUT2D eigenvalue weighted by Crippen LogP contribution is -2.13. The highest BCUT2D eigenvalue weighted by Crippen LogP contribution is 2.37. The molecule has 0 aromatic heterocycles. The summed E-state index contributed by atoms with van der Waals surface area (Å²) in [5.41, 5.74) is 4.19. The summed E-state index contributed by atoms with van der Waals surface area (Å²) in [5, 5.41) is 1.60. The van der Waals surface area contributed by atoms with Gasteiger partial charge >= 0.3 is 0 Å². The van der Waals surface area contributed by atoms with E-state index in [1.54, 1.807) is 0 Å². The lowest BCUT2D eigenvalue weighted by Gasteiger charge is -2.28. The fourth-order valence-corrected chi connectivity index (χ4v) is 5.00. The van der Waals surface area contributed by atoms with Gasteiger partial charge in [0.25, 0.3) is 0 Å². The highest BCUT2D eigenvalue weighted by molar-refractivity contribution is 5.85. The third-order valence-electron chi connectivity index (χ3n) is 6.91. The summed E-state index contributed by atoms with van der Waals surface area (Å²) < 4.78 is 14.7. The fraction of sp³-hybridized carbons (Fsp3) is 0.355. The van der Waals surface area contributed by atoms with Gasteiger partial charge in [-0.05, 0) is 97.6 Å². The van der Waals surface area contributed by atoms with Gasteiger partial charge in [-0.1, -0.05) is 61.6 Å². The zero-order valence-corrected chi connectivity index (χ0v) is 19.2. The lowest BCUT2D eigenvalue weighted by molar-refractivity contribution is 0.312. The predicted octanol–water partition coefficient (Wildman–Crippen LogP) is 8.57. The van der Waals surface area contributed by atoms with Crippen LogP contribution in [0.15, 0.2) is 67.3 Å². The number of fused-ring (bicyclic) bond motifs is 1. The zero-order valence-electron chi connectivity index (χ0n) is 19.2. The molecule has 1 saturated carbocycles. The van der Waals surface area contributed by atoms with Crippen LogP contribution in [0, 0.1) is 23.6 Å². The molecule has 0 spiro atoms. The first-order valence-electron chi connectivity index (χ1n) is 12.1. The smallest absolute Gasteiger partial charge is 0.134 e. The van der Waals surface area contributed by atoms with Gasteiger partial charge in [-0.25, -0.2) is 4.39 Å². The van der Waals surface area contributed by atoms with Crippen LogP contribution in [0.25, 0.3) is 10.8 Å². The van der Waals surface area contributed by atoms with Crippen LogP contribution in [0.1, 0.15) is 80.0 Å². The van der Waals surface area contributed by atoms with E-state index in [4.69, 9.17) is 0 Å². The third kappa shape index (κ3) is 5.31. The Hall–Kier alpha value is -2.85. The maximum Gasteiger partial charge on any atom is 0.134 e. The number of benzene rings is 3. The Morgan fingerprint density at radius 1 is 0.938 bits per heavy atom. The largest absolute Gasteiger partial charge is 0.206 e. The Kier molecular flexibility index (Phi) is 7.43. The van der Waals surface area contributed by atoms with Gasteiger partial charge in [-0.3, -0.25) is 0 Å². The Bertz CT molecular complexity index is 1120. The summed E-state index contributed by atoms with van der Waals surface area (Å²) in [6, 6.07) is 18.5. The van der Waals surface area contributed by atoms with Crippen LogP contribution >= 0.6 is 0 Å². The number of allylic oxidation sites excluding steroid dienone is 1. The van der Waals surface area contributed by atoms with Crippen molar-refractivity contribution in [1.82, 2.24) is 0 Å². The second-order valence-electron chi connectivity index (χ2n) is 9.18. The summed E-state index contributed by atoms with van der Waals surface area (Å²) in [6.45, 7) is 5.92. The van der Waals surface area contributed by atoms with Crippen molar-refractivity contribution in [1.29, 1.82) is 0 Å². The minimum absolute atomic E-state index is 0.0887. The Morgan fingerprint density at radius 2 is 1.66 bits per heavy atom. The first-order chi connectivity index (χ1) is 15.7. The minimum atomic E-state index is -0.0887. The Morgan fingerprint density at radius 3 is 2.38 bits per heavy atom. The molecule has 164 valence electrons. The highest BCUT2D eigenvalue weighted by Gasteiger charge is 2.21. The van der Waals surface area contributed by atoms with Crippen molar-refractivity contribution in [3.8, 4) is 11.8 Å².